The van der Waals surface area contributed by atoms with Crippen molar-refractivity contribution < 1.29 is 13.0 Å². The zero-order chi connectivity index (χ0) is 17.9. The molecule has 0 aromatic heterocycles. The largest absolute Gasteiger partial charge is 0.340 e. The molecule has 0 saturated carbocycles. The van der Waals surface area contributed by atoms with Gasteiger partial charge in [-0.25, -0.2) is 0 Å². The van der Waals surface area contributed by atoms with Crippen molar-refractivity contribution in [3.8, 4) is 0 Å². The Labute approximate surface area is 154 Å². The minimum absolute atomic E-state index is 0.219. The molecule has 0 saturated heterocycles. The average Bonchev–Trinajstić information content (AvgIpc) is 2.58. The second-order valence-corrected chi connectivity index (χ2v) is 8.92. The molecule has 1 aliphatic heterocycles. The summed E-state index contributed by atoms with van der Waals surface area (Å²) in [5.74, 6) is -0.219. The molecule has 0 aliphatic carbocycles. The Morgan fingerprint density at radius 3 is 2.56 bits per heavy atom. The number of unbranched alkanes of at least 4 members (excludes halogenated alkanes) is 1. The summed E-state index contributed by atoms with van der Waals surface area (Å²) in [6.45, 7) is 2.74. The van der Waals surface area contributed by atoms with Gasteiger partial charge in [-0.2, -0.15) is 8.42 Å². The first-order valence-corrected chi connectivity index (χ1v) is 11.0. The monoisotopic (exact) mass is 377 g/mol. The van der Waals surface area contributed by atoms with Crippen LogP contribution in [-0.4, -0.2) is 25.3 Å². The Morgan fingerprint density at radius 1 is 1.04 bits per heavy atom. The van der Waals surface area contributed by atoms with E-state index >= 15 is 0 Å². The standard InChI is InChI=1S/C19H23NO3S2/c1-2-3-7-15-10-11-19-17(14-15)20(12-6-13-25(21,22)23)16-8-4-5-9-18(16)24-19/h4-5,8-11,14H,2-3,6-7,12-13H2,1H3,(H,21,22,23). The van der Waals surface area contributed by atoms with Crippen LogP contribution in [0, 0.1) is 0 Å². The highest BCUT2D eigenvalue weighted by Crippen LogP contribution is 2.48. The molecule has 1 aliphatic rings. The lowest BCUT2D eigenvalue weighted by Crippen LogP contribution is -2.24. The summed E-state index contributed by atoms with van der Waals surface area (Å²) >= 11 is 1.75. The van der Waals surface area contributed by atoms with Crippen molar-refractivity contribution in [3.05, 3.63) is 48.0 Å². The van der Waals surface area contributed by atoms with Gasteiger partial charge in [-0.1, -0.05) is 43.3 Å². The van der Waals surface area contributed by atoms with Gasteiger partial charge in [-0.3, -0.25) is 4.55 Å². The van der Waals surface area contributed by atoms with E-state index in [2.05, 4.69) is 42.2 Å². The molecule has 0 amide bonds. The molecule has 0 fully saturated rings. The smallest absolute Gasteiger partial charge is 0.264 e. The third-order valence-corrected chi connectivity index (χ3v) is 6.23. The fraction of sp³-hybridized carbons (Fsp3) is 0.368. The molecule has 2 aromatic carbocycles. The predicted molar refractivity (Wildman–Crippen MR) is 104 cm³/mol. The summed E-state index contributed by atoms with van der Waals surface area (Å²) in [5, 5.41) is 0. The Bertz CT molecular complexity index is 849. The van der Waals surface area contributed by atoms with Crippen molar-refractivity contribution in [1.82, 2.24) is 0 Å². The summed E-state index contributed by atoms with van der Waals surface area (Å²) in [5.41, 5.74) is 3.54. The van der Waals surface area contributed by atoms with Crippen LogP contribution in [0.15, 0.2) is 52.3 Å². The second kappa shape index (κ2) is 7.81. The maximum Gasteiger partial charge on any atom is 0.264 e. The molecular formula is C19H23NO3S2. The number of hydrogen-bond donors (Lipinski definition) is 1. The number of benzene rings is 2. The van der Waals surface area contributed by atoms with Crippen LogP contribution in [0.1, 0.15) is 31.7 Å². The van der Waals surface area contributed by atoms with Crippen LogP contribution in [0.5, 0.6) is 0 Å². The summed E-state index contributed by atoms with van der Waals surface area (Å²) in [6.07, 6.45) is 3.75. The molecule has 6 heteroatoms. The molecule has 0 radical (unpaired) electrons. The van der Waals surface area contributed by atoms with Crippen LogP contribution >= 0.6 is 11.8 Å². The highest BCUT2D eigenvalue weighted by molar-refractivity contribution is 7.99. The number of aryl methyl sites for hydroxylation is 1. The molecule has 2 aromatic rings. The van der Waals surface area contributed by atoms with Gasteiger partial charge in [0.2, 0.25) is 0 Å². The zero-order valence-electron chi connectivity index (χ0n) is 14.3. The molecule has 1 heterocycles. The quantitative estimate of drug-likeness (QED) is 0.695. The van der Waals surface area contributed by atoms with Crippen LogP contribution in [0.3, 0.4) is 0 Å². The molecule has 134 valence electrons. The van der Waals surface area contributed by atoms with E-state index in [1.165, 1.54) is 15.4 Å². The van der Waals surface area contributed by atoms with Gasteiger partial charge in [0.25, 0.3) is 10.1 Å². The first-order valence-electron chi connectivity index (χ1n) is 8.60. The van der Waals surface area contributed by atoms with Gasteiger partial charge < -0.3 is 4.90 Å². The minimum atomic E-state index is -3.93. The van der Waals surface area contributed by atoms with Gasteiger partial charge in [-0.15, -0.1) is 0 Å². The van der Waals surface area contributed by atoms with E-state index in [0.29, 0.717) is 13.0 Å². The molecular weight excluding hydrogens is 354 g/mol. The highest BCUT2D eigenvalue weighted by atomic mass is 32.2. The van der Waals surface area contributed by atoms with Gasteiger partial charge in [0.1, 0.15) is 0 Å². The van der Waals surface area contributed by atoms with Gasteiger partial charge in [-0.05, 0) is 49.1 Å². The van der Waals surface area contributed by atoms with E-state index < -0.39 is 10.1 Å². The van der Waals surface area contributed by atoms with Crippen molar-refractivity contribution in [2.45, 2.75) is 42.4 Å². The first kappa shape index (κ1) is 18.3. The van der Waals surface area contributed by atoms with Crippen molar-refractivity contribution in [2.24, 2.45) is 0 Å². The predicted octanol–water partition coefficient (Wildman–Crippen LogP) is 4.91. The fourth-order valence-electron chi connectivity index (χ4n) is 3.06. The number of rotatable bonds is 7. The van der Waals surface area contributed by atoms with Crippen LogP contribution in [0.4, 0.5) is 11.4 Å². The van der Waals surface area contributed by atoms with Gasteiger partial charge in [0.05, 0.1) is 17.1 Å². The summed E-state index contributed by atoms with van der Waals surface area (Å²) < 4.78 is 31.2. The molecule has 3 rings (SSSR count). The number of anilines is 2. The van der Waals surface area contributed by atoms with Crippen LogP contribution in [-0.2, 0) is 16.5 Å². The van der Waals surface area contributed by atoms with Gasteiger partial charge in [0.15, 0.2) is 0 Å². The molecule has 0 atom stereocenters. The van der Waals surface area contributed by atoms with Crippen LogP contribution in [0.25, 0.3) is 0 Å². The fourth-order valence-corrected chi connectivity index (χ4v) is 4.63. The van der Waals surface area contributed by atoms with E-state index in [0.717, 1.165) is 30.6 Å². The highest BCUT2D eigenvalue weighted by Gasteiger charge is 2.23. The van der Waals surface area contributed by atoms with E-state index in [1.807, 2.05) is 12.1 Å². The summed E-state index contributed by atoms with van der Waals surface area (Å²) in [4.78, 5) is 4.54. The number of hydrogen-bond acceptors (Lipinski definition) is 4. The van der Waals surface area contributed by atoms with Crippen molar-refractivity contribution in [2.75, 3.05) is 17.2 Å². The third-order valence-electron chi connectivity index (χ3n) is 4.29. The molecule has 0 bridgehead atoms. The van der Waals surface area contributed by atoms with Gasteiger partial charge >= 0.3 is 0 Å². The van der Waals surface area contributed by atoms with E-state index in [-0.39, 0.29) is 5.75 Å². The van der Waals surface area contributed by atoms with Crippen molar-refractivity contribution >= 4 is 33.3 Å². The van der Waals surface area contributed by atoms with Gasteiger partial charge in [0, 0.05) is 16.3 Å². The molecule has 1 N–H and O–H groups in total. The lowest BCUT2D eigenvalue weighted by Gasteiger charge is -2.33. The Balaban J connectivity index is 1.91. The molecule has 0 spiro atoms. The maximum atomic E-state index is 11.1. The topological polar surface area (TPSA) is 57.6 Å². The van der Waals surface area contributed by atoms with Crippen LogP contribution in [0.2, 0.25) is 0 Å². The van der Waals surface area contributed by atoms with E-state index in [9.17, 15) is 8.42 Å². The molecule has 0 unspecified atom stereocenters. The third kappa shape index (κ3) is 4.57. The number of para-hydroxylation sites is 1. The SMILES string of the molecule is CCCCc1ccc2c(c1)N(CCCS(=O)(=O)O)c1ccccc1S2. The summed E-state index contributed by atoms with van der Waals surface area (Å²) in [6, 6.07) is 14.7. The van der Waals surface area contributed by atoms with E-state index in [4.69, 9.17) is 4.55 Å². The van der Waals surface area contributed by atoms with Crippen molar-refractivity contribution in [3.63, 3.8) is 0 Å². The number of nitrogens with zero attached hydrogens (tertiary/aromatic N) is 1. The van der Waals surface area contributed by atoms with Crippen molar-refractivity contribution in [1.29, 1.82) is 0 Å². The molecule has 4 nitrogen and oxygen atoms in total. The average molecular weight is 378 g/mol. The Morgan fingerprint density at radius 2 is 1.80 bits per heavy atom. The number of fused-ring (bicyclic) bond motifs is 2. The minimum Gasteiger partial charge on any atom is -0.340 e. The lowest BCUT2D eigenvalue weighted by molar-refractivity contribution is 0.481. The second-order valence-electron chi connectivity index (χ2n) is 6.27. The Hall–Kier alpha value is -1.50. The first-order chi connectivity index (χ1) is 12.0. The molecule has 25 heavy (non-hydrogen) atoms. The normalized spacial score (nSPS) is 13.4. The Kier molecular flexibility index (Phi) is 5.71. The maximum absolute atomic E-state index is 11.1. The van der Waals surface area contributed by atoms with Crippen LogP contribution < -0.4 is 4.90 Å². The zero-order valence-corrected chi connectivity index (χ0v) is 15.9. The summed E-state index contributed by atoms with van der Waals surface area (Å²) in [7, 11) is -3.93. The van der Waals surface area contributed by atoms with E-state index in [1.54, 1.807) is 11.8 Å². The lowest BCUT2D eigenvalue weighted by atomic mass is 10.1.